The lowest BCUT2D eigenvalue weighted by atomic mass is 10.1. The molecule has 0 unspecified atom stereocenters. The van der Waals surface area contributed by atoms with E-state index in [1.807, 2.05) is 39.0 Å². The average molecular weight is 450 g/mol. The van der Waals surface area contributed by atoms with Crippen molar-refractivity contribution in [2.24, 2.45) is 16.0 Å². The number of hydrazone groups is 1. The van der Waals surface area contributed by atoms with Gasteiger partial charge in [0.15, 0.2) is 5.84 Å². The van der Waals surface area contributed by atoms with Gasteiger partial charge in [-0.3, -0.25) is 10.2 Å². The van der Waals surface area contributed by atoms with Crippen LogP contribution in [0.1, 0.15) is 42.8 Å². The highest BCUT2D eigenvalue weighted by Gasteiger charge is 2.35. The molecule has 166 valence electrons. The summed E-state index contributed by atoms with van der Waals surface area (Å²) in [7, 11) is 1.66. The summed E-state index contributed by atoms with van der Waals surface area (Å²) in [4.78, 5) is 17.0. The maximum absolute atomic E-state index is 12.8. The Kier molecular flexibility index (Phi) is 5.81. The van der Waals surface area contributed by atoms with E-state index < -0.39 is 5.91 Å². The standard InChI is InChI=1S/C24H27N5O2S/c1-13(2)9-21-27-29-22(25)18(23(30)26-24(29)32-21)12-17-11-15(4)28(16(17)5)19-10-14(3)7-8-20(19)31-6/h7-8,10-13,25H,9H2,1-6H3/b18-12+,25-22?. The lowest BCUT2D eigenvalue weighted by molar-refractivity contribution is -0.114. The van der Waals surface area contributed by atoms with E-state index in [1.54, 1.807) is 13.2 Å². The molecular formula is C24H27N5O2S. The number of benzene rings is 1. The van der Waals surface area contributed by atoms with Gasteiger partial charge in [0.1, 0.15) is 10.8 Å². The van der Waals surface area contributed by atoms with E-state index in [0.29, 0.717) is 11.1 Å². The number of nitrogens with zero attached hydrogens (tertiary/aromatic N) is 4. The van der Waals surface area contributed by atoms with Gasteiger partial charge >= 0.3 is 0 Å². The molecule has 1 N–H and O–H groups in total. The number of thioether (sulfide) groups is 1. The molecule has 1 aromatic heterocycles. The molecule has 0 bridgehead atoms. The van der Waals surface area contributed by atoms with Crippen LogP contribution < -0.4 is 4.74 Å². The molecule has 2 aliphatic heterocycles. The van der Waals surface area contributed by atoms with Gasteiger partial charge < -0.3 is 9.30 Å². The summed E-state index contributed by atoms with van der Waals surface area (Å²) in [5.41, 5.74) is 5.12. The second-order valence-electron chi connectivity index (χ2n) is 8.45. The van der Waals surface area contributed by atoms with Crippen LogP contribution in [-0.2, 0) is 4.79 Å². The number of ether oxygens (including phenoxy) is 1. The topological polar surface area (TPSA) is 83.0 Å². The SMILES string of the molecule is COc1ccc(C)cc1-n1c(C)cc(/C=C2\C(=N)N3N=C(CC(C)C)SC3=NC2=O)c1C. The van der Waals surface area contributed by atoms with E-state index in [0.717, 1.165) is 45.4 Å². The molecule has 0 radical (unpaired) electrons. The summed E-state index contributed by atoms with van der Waals surface area (Å²) < 4.78 is 7.68. The number of amides is 1. The molecule has 3 heterocycles. The van der Waals surface area contributed by atoms with Crippen molar-refractivity contribution in [3.63, 3.8) is 0 Å². The minimum absolute atomic E-state index is 0.0594. The fourth-order valence-electron chi connectivity index (χ4n) is 3.90. The molecule has 0 aliphatic carbocycles. The highest BCUT2D eigenvalue weighted by molar-refractivity contribution is 8.26. The smallest absolute Gasteiger partial charge is 0.283 e. The number of aliphatic imine (C=N–C) groups is 1. The van der Waals surface area contributed by atoms with Crippen molar-refractivity contribution in [3.05, 3.63) is 52.4 Å². The maximum Gasteiger partial charge on any atom is 0.283 e. The Hall–Kier alpha value is -3.13. The lowest BCUT2D eigenvalue weighted by Gasteiger charge is -2.20. The van der Waals surface area contributed by atoms with Gasteiger partial charge in [-0.25, -0.2) is 0 Å². The zero-order valence-electron chi connectivity index (χ0n) is 19.2. The van der Waals surface area contributed by atoms with Crippen molar-refractivity contribution in [1.29, 1.82) is 5.41 Å². The van der Waals surface area contributed by atoms with E-state index in [-0.39, 0.29) is 11.4 Å². The number of carbonyl (C=O) groups excluding carboxylic acids is 1. The summed E-state index contributed by atoms with van der Waals surface area (Å²) in [6.07, 6.45) is 2.53. The number of hydrogen-bond donors (Lipinski definition) is 1. The highest BCUT2D eigenvalue weighted by Crippen LogP contribution is 2.33. The van der Waals surface area contributed by atoms with E-state index in [4.69, 9.17) is 10.1 Å². The first-order chi connectivity index (χ1) is 15.2. The summed E-state index contributed by atoms with van der Waals surface area (Å²) in [6, 6.07) is 8.05. The number of hydrogen-bond acceptors (Lipinski definition) is 5. The third kappa shape index (κ3) is 3.90. The molecule has 2 aliphatic rings. The number of carbonyl (C=O) groups is 1. The number of nitrogens with one attached hydrogen (secondary N) is 1. The summed E-state index contributed by atoms with van der Waals surface area (Å²) in [5.74, 6) is 0.859. The molecule has 0 saturated heterocycles. The molecule has 2 aromatic rings. The number of rotatable bonds is 5. The predicted molar refractivity (Wildman–Crippen MR) is 131 cm³/mol. The van der Waals surface area contributed by atoms with Crippen LogP contribution in [0.15, 0.2) is 39.9 Å². The lowest BCUT2D eigenvalue weighted by Crippen LogP contribution is -2.35. The van der Waals surface area contributed by atoms with Crippen LogP contribution in [0.4, 0.5) is 0 Å². The Morgan fingerprint density at radius 2 is 1.97 bits per heavy atom. The van der Waals surface area contributed by atoms with E-state index >= 15 is 0 Å². The predicted octanol–water partition coefficient (Wildman–Crippen LogP) is 5.08. The fraction of sp³-hybridized carbons (Fsp3) is 0.333. The van der Waals surface area contributed by atoms with E-state index in [2.05, 4.69) is 34.6 Å². The minimum Gasteiger partial charge on any atom is -0.495 e. The fourth-order valence-corrected chi connectivity index (χ4v) is 5.00. The number of methoxy groups -OCH3 is 1. The average Bonchev–Trinajstić information content (AvgIpc) is 3.24. The Balaban J connectivity index is 1.74. The van der Waals surface area contributed by atoms with Crippen LogP contribution in [0, 0.1) is 32.1 Å². The van der Waals surface area contributed by atoms with Gasteiger partial charge in [0.2, 0.25) is 5.17 Å². The van der Waals surface area contributed by atoms with Gasteiger partial charge in [-0.05, 0) is 73.9 Å². The Morgan fingerprint density at radius 1 is 1.22 bits per heavy atom. The molecule has 0 spiro atoms. The molecule has 8 heteroatoms. The molecule has 0 atom stereocenters. The van der Waals surface area contributed by atoms with Gasteiger partial charge in [-0.2, -0.15) is 15.1 Å². The van der Waals surface area contributed by atoms with Crippen molar-refractivity contribution in [2.75, 3.05) is 7.11 Å². The summed E-state index contributed by atoms with van der Waals surface area (Å²) in [6.45, 7) is 10.3. The van der Waals surface area contributed by atoms with Crippen molar-refractivity contribution in [3.8, 4) is 11.4 Å². The van der Waals surface area contributed by atoms with Crippen molar-refractivity contribution in [2.45, 2.75) is 41.0 Å². The van der Waals surface area contributed by atoms with Crippen molar-refractivity contribution in [1.82, 2.24) is 9.58 Å². The molecule has 1 aromatic carbocycles. The molecule has 32 heavy (non-hydrogen) atoms. The number of amidine groups is 2. The third-order valence-electron chi connectivity index (χ3n) is 5.42. The highest BCUT2D eigenvalue weighted by atomic mass is 32.2. The zero-order chi connectivity index (χ0) is 23.2. The first kappa shape index (κ1) is 22.1. The second kappa shape index (κ2) is 8.43. The number of fused-ring (bicyclic) bond motifs is 1. The molecule has 0 fully saturated rings. The Bertz CT molecular complexity index is 1220. The first-order valence-corrected chi connectivity index (χ1v) is 11.3. The molecule has 4 rings (SSSR count). The first-order valence-electron chi connectivity index (χ1n) is 10.5. The van der Waals surface area contributed by atoms with Crippen LogP contribution >= 0.6 is 11.8 Å². The number of aryl methyl sites for hydroxylation is 2. The van der Waals surface area contributed by atoms with Crippen LogP contribution in [0.2, 0.25) is 0 Å². The van der Waals surface area contributed by atoms with Gasteiger partial charge in [0.25, 0.3) is 5.91 Å². The Morgan fingerprint density at radius 3 is 2.66 bits per heavy atom. The molecule has 7 nitrogen and oxygen atoms in total. The zero-order valence-corrected chi connectivity index (χ0v) is 20.0. The summed E-state index contributed by atoms with van der Waals surface area (Å²) in [5, 5.41) is 16.0. The van der Waals surface area contributed by atoms with Crippen LogP contribution in [0.3, 0.4) is 0 Å². The van der Waals surface area contributed by atoms with Gasteiger partial charge in [-0.1, -0.05) is 19.9 Å². The maximum atomic E-state index is 12.8. The molecular weight excluding hydrogens is 422 g/mol. The van der Waals surface area contributed by atoms with Crippen molar-refractivity contribution < 1.29 is 9.53 Å². The molecule has 1 amide bonds. The number of aromatic nitrogens is 1. The van der Waals surface area contributed by atoms with Crippen LogP contribution in [-0.4, -0.2) is 38.6 Å². The molecule has 0 saturated carbocycles. The second-order valence-corrected chi connectivity index (χ2v) is 9.49. The third-order valence-corrected chi connectivity index (χ3v) is 6.36. The quantitative estimate of drug-likeness (QED) is 0.646. The minimum atomic E-state index is -0.410. The largest absolute Gasteiger partial charge is 0.495 e. The van der Waals surface area contributed by atoms with Crippen LogP contribution in [0.5, 0.6) is 5.75 Å². The van der Waals surface area contributed by atoms with E-state index in [1.165, 1.54) is 16.8 Å². The van der Waals surface area contributed by atoms with Gasteiger partial charge in [0, 0.05) is 17.8 Å². The summed E-state index contributed by atoms with van der Waals surface area (Å²) >= 11 is 1.37. The monoisotopic (exact) mass is 449 g/mol. The van der Waals surface area contributed by atoms with Gasteiger partial charge in [-0.15, -0.1) is 0 Å². The van der Waals surface area contributed by atoms with E-state index in [9.17, 15) is 4.79 Å². The van der Waals surface area contributed by atoms with Crippen molar-refractivity contribution >= 4 is 39.8 Å². The normalized spacial score (nSPS) is 17.2. The van der Waals surface area contributed by atoms with Crippen LogP contribution in [0.25, 0.3) is 11.8 Å². The Labute approximate surface area is 192 Å². The van der Waals surface area contributed by atoms with Gasteiger partial charge in [0.05, 0.1) is 18.4 Å².